The van der Waals surface area contributed by atoms with Crippen molar-refractivity contribution in [3.05, 3.63) is 65.9 Å². The van der Waals surface area contributed by atoms with Crippen LogP contribution in [0, 0.1) is 17.2 Å². The summed E-state index contributed by atoms with van der Waals surface area (Å²) in [6, 6.07) is 16.9. The van der Waals surface area contributed by atoms with Gasteiger partial charge in [-0.1, -0.05) is 6.92 Å². The maximum absolute atomic E-state index is 12.7. The second-order valence-corrected chi connectivity index (χ2v) is 7.68. The Hall–Kier alpha value is -3.59. The van der Waals surface area contributed by atoms with Gasteiger partial charge in [0.25, 0.3) is 5.91 Å². The average Bonchev–Trinajstić information content (AvgIpc) is 2.73. The second kappa shape index (κ2) is 7.80. The van der Waals surface area contributed by atoms with Gasteiger partial charge in [0, 0.05) is 47.7 Å². The molecular formula is C23H23N5O. The summed E-state index contributed by atoms with van der Waals surface area (Å²) < 4.78 is 0. The molecule has 6 heteroatoms. The molecule has 146 valence electrons. The number of nitrogens with two attached hydrogens (primary N) is 1. The highest BCUT2D eigenvalue weighted by molar-refractivity contribution is 5.96. The number of nitrogen functional groups attached to an aromatic ring is 1. The molecular weight excluding hydrogens is 362 g/mol. The van der Waals surface area contributed by atoms with Crippen molar-refractivity contribution in [1.29, 1.82) is 5.26 Å². The van der Waals surface area contributed by atoms with E-state index >= 15 is 0 Å². The predicted molar refractivity (Wildman–Crippen MR) is 115 cm³/mol. The highest BCUT2D eigenvalue weighted by atomic mass is 16.1. The molecule has 1 amide bonds. The summed E-state index contributed by atoms with van der Waals surface area (Å²) in [5, 5.41) is 13.5. The second-order valence-electron chi connectivity index (χ2n) is 7.68. The lowest BCUT2D eigenvalue weighted by Gasteiger charge is -2.38. The number of fused-ring (bicyclic) bond motifs is 1. The predicted octanol–water partition coefficient (Wildman–Crippen LogP) is 3.33. The van der Waals surface area contributed by atoms with Crippen molar-refractivity contribution in [3.63, 3.8) is 0 Å². The van der Waals surface area contributed by atoms with Crippen molar-refractivity contribution in [1.82, 2.24) is 10.3 Å². The van der Waals surface area contributed by atoms with Crippen molar-refractivity contribution in [2.75, 3.05) is 23.7 Å². The Morgan fingerprint density at radius 1 is 1.21 bits per heavy atom. The number of benzene rings is 2. The van der Waals surface area contributed by atoms with Gasteiger partial charge in [-0.3, -0.25) is 9.78 Å². The molecule has 1 fully saturated rings. The number of nitrogens with zero attached hydrogens (tertiary/aromatic N) is 3. The van der Waals surface area contributed by atoms with E-state index in [0.717, 1.165) is 24.0 Å². The number of amides is 1. The number of carbonyl (C=O) groups is 1. The third-order valence-corrected chi connectivity index (χ3v) is 5.38. The summed E-state index contributed by atoms with van der Waals surface area (Å²) in [6.07, 6.45) is 2.63. The van der Waals surface area contributed by atoms with Crippen LogP contribution in [0.25, 0.3) is 10.9 Å². The van der Waals surface area contributed by atoms with Crippen LogP contribution in [0.5, 0.6) is 0 Å². The number of piperidine rings is 1. The van der Waals surface area contributed by atoms with Gasteiger partial charge in [0.05, 0.1) is 11.1 Å². The van der Waals surface area contributed by atoms with Crippen LogP contribution in [0.4, 0.5) is 11.4 Å². The normalized spacial score (nSPS) is 19.0. The number of anilines is 2. The molecule has 0 spiro atoms. The zero-order valence-corrected chi connectivity index (χ0v) is 16.3. The van der Waals surface area contributed by atoms with Crippen molar-refractivity contribution in [2.45, 2.75) is 19.4 Å². The molecule has 2 aromatic carbocycles. The lowest BCUT2D eigenvalue weighted by atomic mass is 9.94. The number of carbonyl (C=O) groups excluding carboxylic acids is 1. The largest absolute Gasteiger partial charge is 0.399 e. The first-order valence-corrected chi connectivity index (χ1v) is 9.74. The third kappa shape index (κ3) is 3.85. The molecule has 2 heterocycles. The summed E-state index contributed by atoms with van der Waals surface area (Å²) >= 11 is 0. The molecule has 1 aliphatic heterocycles. The van der Waals surface area contributed by atoms with Crippen LogP contribution in [-0.2, 0) is 0 Å². The molecule has 6 nitrogen and oxygen atoms in total. The monoisotopic (exact) mass is 385 g/mol. The highest BCUT2D eigenvalue weighted by Gasteiger charge is 2.27. The van der Waals surface area contributed by atoms with Gasteiger partial charge >= 0.3 is 0 Å². The van der Waals surface area contributed by atoms with Crippen LogP contribution in [0.2, 0.25) is 0 Å². The van der Waals surface area contributed by atoms with Gasteiger partial charge in [0.15, 0.2) is 0 Å². The third-order valence-electron chi connectivity index (χ3n) is 5.38. The fraction of sp³-hybridized carbons (Fsp3) is 0.261. The molecule has 4 rings (SSSR count). The molecule has 3 N–H and O–H groups in total. The van der Waals surface area contributed by atoms with Gasteiger partial charge in [0.1, 0.15) is 6.07 Å². The zero-order valence-electron chi connectivity index (χ0n) is 16.3. The quantitative estimate of drug-likeness (QED) is 0.674. The van der Waals surface area contributed by atoms with Crippen molar-refractivity contribution >= 4 is 28.2 Å². The van der Waals surface area contributed by atoms with Gasteiger partial charge < -0.3 is 16.0 Å². The average molecular weight is 385 g/mol. The van der Waals surface area contributed by atoms with Crippen molar-refractivity contribution < 1.29 is 4.79 Å². The summed E-state index contributed by atoms with van der Waals surface area (Å²) in [5.41, 5.74) is 9.30. The fourth-order valence-electron chi connectivity index (χ4n) is 4.08. The highest BCUT2D eigenvalue weighted by Crippen LogP contribution is 2.31. The minimum atomic E-state index is -0.0876. The Morgan fingerprint density at radius 2 is 2.00 bits per heavy atom. The number of pyridine rings is 1. The topological polar surface area (TPSA) is 95.0 Å². The van der Waals surface area contributed by atoms with E-state index in [-0.39, 0.29) is 11.9 Å². The Labute approximate surface area is 170 Å². The lowest BCUT2D eigenvalue weighted by molar-refractivity contribution is 0.0929. The molecule has 3 aromatic rings. The first-order chi connectivity index (χ1) is 14.0. The number of nitriles is 1. The molecule has 2 atom stereocenters. The molecule has 1 aromatic heterocycles. The van der Waals surface area contributed by atoms with E-state index in [0.29, 0.717) is 34.8 Å². The fourth-order valence-corrected chi connectivity index (χ4v) is 4.08. The van der Waals surface area contributed by atoms with Crippen LogP contribution in [0.3, 0.4) is 0 Å². The molecule has 0 bridgehead atoms. The summed E-state index contributed by atoms with van der Waals surface area (Å²) in [5.74, 6) is 0.332. The van der Waals surface area contributed by atoms with Crippen molar-refractivity contribution in [3.8, 4) is 6.07 Å². The van der Waals surface area contributed by atoms with Crippen LogP contribution < -0.4 is 16.0 Å². The van der Waals surface area contributed by atoms with Crippen molar-refractivity contribution in [2.24, 2.45) is 5.92 Å². The van der Waals surface area contributed by atoms with E-state index in [9.17, 15) is 10.1 Å². The van der Waals surface area contributed by atoms with E-state index in [2.05, 4.69) is 28.2 Å². The van der Waals surface area contributed by atoms with Crippen LogP contribution >= 0.6 is 0 Å². The zero-order chi connectivity index (χ0) is 20.4. The van der Waals surface area contributed by atoms with E-state index in [4.69, 9.17) is 5.73 Å². The first-order valence-electron chi connectivity index (χ1n) is 9.74. The van der Waals surface area contributed by atoms with E-state index < -0.39 is 0 Å². The Kier molecular flexibility index (Phi) is 5.05. The van der Waals surface area contributed by atoms with Gasteiger partial charge in [-0.05, 0) is 60.9 Å². The maximum atomic E-state index is 12.7. The number of nitrogens with one attached hydrogen (secondary N) is 1. The Morgan fingerprint density at radius 3 is 2.76 bits per heavy atom. The first kappa shape index (κ1) is 18.8. The van der Waals surface area contributed by atoms with E-state index in [1.807, 2.05) is 24.3 Å². The van der Waals surface area contributed by atoms with Gasteiger partial charge in [0.2, 0.25) is 0 Å². The van der Waals surface area contributed by atoms with Crippen LogP contribution in [-0.4, -0.2) is 30.0 Å². The number of aromatic nitrogens is 1. The SMILES string of the molecule is C[C@H]1C[C@@H](NC(=O)c2ccc(N)cc2)CN(c2ccc(C#N)c3ncccc23)C1. The molecule has 0 radical (unpaired) electrons. The summed E-state index contributed by atoms with van der Waals surface area (Å²) in [7, 11) is 0. The van der Waals surface area contributed by atoms with Crippen LogP contribution in [0.1, 0.15) is 29.3 Å². The summed E-state index contributed by atoms with van der Waals surface area (Å²) in [4.78, 5) is 19.3. The van der Waals surface area contributed by atoms with E-state index in [1.54, 1.807) is 30.5 Å². The standard InChI is InChI=1S/C23H23N5O/c1-15-11-19(27-23(29)16-4-7-18(25)8-5-16)14-28(13-15)21-9-6-17(12-24)22-20(21)3-2-10-26-22/h2-10,15,19H,11,13-14,25H2,1H3,(H,27,29)/t15-,19+/m0/s1. The lowest BCUT2D eigenvalue weighted by Crippen LogP contribution is -2.50. The molecule has 1 aliphatic rings. The Balaban J connectivity index is 1.58. The molecule has 0 saturated carbocycles. The number of hydrogen-bond donors (Lipinski definition) is 2. The molecule has 0 unspecified atom stereocenters. The van der Waals surface area contributed by atoms with Gasteiger partial charge in [-0.15, -0.1) is 0 Å². The Bertz CT molecular complexity index is 1090. The summed E-state index contributed by atoms with van der Waals surface area (Å²) in [6.45, 7) is 3.80. The minimum Gasteiger partial charge on any atom is -0.399 e. The molecule has 1 saturated heterocycles. The molecule has 0 aliphatic carbocycles. The van der Waals surface area contributed by atoms with Gasteiger partial charge in [-0.25, -0.2) is 0 Å². The maximum Gasteiger partial charge on any atom is 0.251 e. The van der Waals surface area contributed by atoms with Crippen LogP contribution in [0.15, 0.2) is 54.7 Å². The van der Waals surface area contributed by atoms with Gasteiger partial charge in [-0.2, -0.15) is 5.26 Å². The number of rotatable bonds is 3. The molecule has 29 heavy (non-hydrogen) atoms. The number of hydrogen-bond acceptors (Lipinski definition) is 5. The van der Waals surface area contributed by atoms with E-state index in [1.165, 1.54) is 0 Å². The smallest absolute Gasteiger partial charge is 0.251 e. The minimum absolute atomic E-state index is 0.0335.